The number of carboxylic acids is 1. The summed E-state index contributed by atoms with van der Waals surface area (Å²) in [6.45, 7) is 3.81. The van der Waals surface area contributed by atoms with E-state index in [1.165, 1.54) is 6.07 Å². The van der Waals surface area contributed by atoms with Crippen molar-refractivity contribution in [3.05, 3.63) is 81.8 Å². The van der Waals surface area contributed by atoms with Crippen LogP contribution in [-0.4, -0.2) is 21.3 Å². The minimum Gasteiger partial charge on any atom is -0.478 e. The molecule has 0 aliphatic heterocycles. The number of aromatic nitrogens is 2. The van der Waals surface area contributed by atoms with Crippen LogP contribution in [0.3, 0.4) is 0 Å². The second-order valence-electron chi connectivity index (χ2n) is 6.91. The first-order valence-electron chi connectivity index (χ1n) is 9.10. The first-order valence-corrected chi connectivity index (χ1v) is 9.10. The fourth-order valence-corrected chi connectivity index (χ4v) is 3.39. The zero-order valence-corrected chi connectivity index (χ0v) is 15.9. The first-order chi connectivity index (χ1) is 13.9. The van der Waals surface area contributed by atoms with Gasteiger partial charge in [0.05, 0.1) is 28.8 Å². The summed E-state index contributed by atoms with van der Waals surface area (Å²) in [5, 5.41) is 19.8. The number of benzene rings is 2. The number of nitrogens with zero attached hydrogens (tertiary/aromatic N) is 1. The molecule has 4 aromatic rings. The van der Waals surface area contributed by atoms with Crippen LogP contribution in [0.5, 0.6) is 0 Å². The minimum absolute atomic E-state index is 0.148. The van der Waals surface area contributed by atoms with Gasteiger partial charge in [-0.1, -0.05) is 18.2 Å². The maximum Gasteiger partial charge on any atom is 0.337 e. The molecule has 1 atom stereocenters. The van der Waals surface area contributed by atoms with Crippen molar-refractivity contribution in [2.45, 2.75) is 19.9 Å². The second kappa shape index (κ2) is 7.27. The Morgan fingerprint density at radius 2 is 2.03 bits per heavy atom. The highest BCUT2D eigenvalue weighted by molar-refractivity contribution is 5.94. The summed E-state index contributed by atoms with van der Waals surface area (Å²) in [4.78, 5) is 24.3. The number of rotatable bonds is 5. The lowest BCUT2D eigenvalue weighted by Crippen LogP contribution is -2.12. The predicted octanol–water partition coefficient (Wildman–Crippen LogP) is 4.36. The molecule has 2 aromatic heterocycles. The van der Waals surface area contributed by atoms with E-state index in [0.717, 1.165) is 11.1 Å². The lowest BCUT2D eigenvalue weighted by molar-refractivity contribution is 0.0698. The van der Waals surface area contributed by atoms with Crippen molar-refractivity contribution >= 4 is 22.6 Å². The van der Waals surface area contributed by atoms with E-state index in [0.29, 0.717) is 28.0 Å². The third-order valence-electron chi connectivity index (χ3n) is 4.78. The number of carbonyl (C=O) groups is 1. The van der Waals surface area contributed by atoms with Crippen LogP contribution >= 0.6 is 0 Å². The van der Waals surface area contributed by atoms with Gasteiger partial charge in [-0.15, -0.1) is 0 Å². The van der Waals surface area contributed by atoms with Crippen molar-refractivity contribution in [2.24, 2.45) is 0 Å². The number of aromatic amines is 1. The van der Waals surface area contributed by atoms with Gasteiger partial charge in [-0.2, -0.15) is 5.10 Å². The molecular formula is C22H19N3O4. The number of hydrogen-bond donors (Lipinski definition) is 3. The zero-order valence-electron chi connectivity index (χ0n) is 15.9. The summed E-state index contributed by atoms with van der Waals surface area (Å²) in [5.74, 6) is -0.595. The largest absolute Gasteiger partial charge is 0.478 e. The van der Waals surface area contributed by atoms with Crippen LogP contribution in [0, 0.1) is 6.92 Å². The molecule has 2 aromatic carbocycles. The van der Waals surface area contributed by atoms with Crippen LogP contribution in [0.25, 0.3) is 22.3 Å². The Hall–Kier alpha value is -3.87. The molecular weight excluding hydrogens is 370 g/mol. The highest BCUT2D eigenvalue weighted by Crippen LogP contribution is 2.31. The molecule has 2 heterocycles. The fourth-order valence-electron chi connectivity index (χ4n) is 3.39. The molecule has 0 saturated heterocycles. The van der Waals surface area contributed by atoms with Gasteiger partial charge in [0.2, 0.25) is 0 Å². The lowest BCUT2D eigenvalue weighted by atomic mass is 10.0. The Balaban J connectivity index is 1.84. The number of hydrogen-bond acceptors (Lipinski definition) is 5. The smallest absolute Gasteiger partial charge is 0.337 e. The van der Waals surface area contributed by atoms with Crippen molar-refractivity contribution in [3.63, 3.8) is 0 Å². The van der Waals surface area contributed by atoms with Gasteiger partial charge in [0, 0.05) is 23.5 Å². The van der Waals surface area contributed by atoms with Gasteiger partial charge in [-0.3, -0.25) is 9.89 Å². The molecule has 0 spiro atoms. The molecule has 1 unspecified atom stereocenters. The Kier molecular flexibility index (Phi) is 4.64. The molecule has 0 bridgehead atoms. The summed E-state index contributed by atoms with van der Waals surface area (Å²) >= 11 is 0. The third-order valence-corrected chi connectivity index (χ3v) is 4.78. The van der Waals surface area contributed by atoms with Gasteiger partial charge in [0.1, 0.15) is 11.3 Å². The van der Waals surface area contributed by atoms with Crippen LogP contribution in [0.15, 0.2) is 64.1 Å². The van der Waals surface area contributed by atoms with Crippen molar-refractivity contribution < 1.29 is 14.3 Å². The average molecular weight is 389 g/mol. The summed E-state index contributed by atoms with van der Waals surface area (Å²) in [5.41, 5.74) is 3.34. The van der Waals surface area contributed by atoms with E-state index in [-0.39, 0.29) is 17.0 Å². The summed E-state index contributed by atoms with van der Waals surface area (Å²) in [6.07, 6.45) is 3.24. The van der Waals surface area contributed by atoms with Gasteiger partial charge in [-0.05, 0) is 37.6 Å². The summed E-state index contributed by atoms with van der Waals surface area (Å²) in [7, 11) is 0. The van der Waals surface area contributed by atoms with E-state index in [1.54, 1.807) is 42.7 Å². The average Bonchev–Trinajstić information content (AvgIpc) is 3.23. The van der Waals surface area contributed by atoms with Crippen LogP contribution in [-0.2, 0) is 0 Å². The molecule has 7 heteroatoms. The summed E-state index contributed by atoms with van der Waals surface area (Å²) < 4.78 is 6.09. The maximum absolute atomic E-state index is 12.7. The molecule has 0 saturated carbocycles. The molecule has 0 radical (unpaired) electrons. The maximum atomic E-state index is 12.7. The van der Waals surface area contributed by atoms with E-state index in [1.807, 2.05) is 19.9 Å². The Bertz CT molecular complexity index is 1260. The number of para-hydroxylation sites is 1. The number of carboxylic acid groups (broad SMARTS) is 1. The van der Waals surface area contributed by atoms with Crippen molar-refractivity contribution in [3.8, 4) is 11.3 Å². The first kappa shape index (κ1) is 18.5. The zero-order chi connectivity index (χ0) is 20.5. The molecule has 3 N–H and O–H groups in total. The molecule has 4 rings (SSSR count). The number of aromatic carboxylic acids is 1. The van der Waals surface area contributed by atoms with Gasteiger partial charge in [0.25, 0.3) is 0 Å². The summed E-state index contributed by atoms with van der Waals surface area (Å²) in [6, 6.07) is 11.6. The van der Waals surface area contributed by atoms with E-state index in [4.69, 9.17) is 4.42 Å². The van der Waals surface area contributed by atoms with Crippen molar-refractivity contribution in [2.75, 3.05) is 5.32 Å². The van der Waals surface area contributed by atoms with E-state index in [2.05, 4.69) is 15.5 Å². The van der Waals surface area contributed by atoms with E-state index < -0.39 is 5.97 Å². The molecule has 0 amide bonds. The van der Waals surface area contributed by atoms with Gasteiger partial charge >= 0.3 is 5.97 Å². The molecule has 0 aliphatic carbocycles. The topological polar surface area (TPSA) is 108 Å². The van der Waals surface area contributed by atoms with Crippen LogP contribution in [0.1, 0.15) is 34.5 Å². The van der Waals surface area contributed by atoms with E-state index in [9.17, 15) is 14.7 Å². The van der Waals surface area contributed by atoms with Gasteiger partial charge in [-0.25, -0.2) is 4.79 Å². The molecule has 0 aliphatic rings. The second-order valence-corrected chi connectivity index (χ2v) is 6.91. The number of fused-ring (bicyclic) bond motifs is 1. The lowest BCUT2D eigenvalue weighted by Gasteiger charge is -2.19. The van der Waals surface area contributed by atoms with Crippen LogP contribution in [0.2, 0.25) is 0 Å². The highest BCUT2D eigenvalue weighted by atomic mass is 16.4. The van der Waals surface area contributed by atoms with Crippen molar-refractivity contribution in [1.82, 2.24) is 10.2 Å². The standard InChI is InChI=1S/C22H19N3O4/c1-12-7-16(13(2)25-18-6-4-3-5-15(18)22(27)28)21-17(8-12)19(26)9-20(29-21)14-10-23-24-11-14/h3-11,13,25H,1-2H3,(H,23,24)(H,27,28). The monoisotopic (exact) mass is 389 g/mol. The number of anilines is 1. The van der Waals surface area contributed by atoms with Gasteiger partial charge in [0.15, 0.2) is 5.43 Å². The molecule has 29 heavy (non-hydrogen) atoms. The molecule has 0 fully saturated rings. The predicted molar refractivity (Wildman–Crippen MR) is 110 cm³/mol. The van der Waals surface area contributed by atoms with Gasteiger partial charge < -0.3 is 14.8 Å². The number of nitrogens with one attached hydrogen (secondary N) is 2. The molecule has 146 valence electrons. The number of aryl methyl sites for hydroxylation is 1. The third kappa shape index (κ3) is 3.50. The normalized spacial score (nSPS) is 12.1. The van der Waals surface area contributed by atoms with Crippen molar-refractivity contribution in [1.29, 1.82) is 0 Å². The Labute approximate surface area is 166 Å². The SMILES string of the molecule is Cc1cc(C(C)Nc2ccccc2C(=O)O)c2oc(-c3cn[nH]c3)cc(=O)c2c1. The quantitative estimate of drug-likeness (QED) is 0.468. The van der Waals surface area contributed by atoms with Crippen LogP contribution in [0.4, 0.5) is 5.69 Å². The number of H-pyrrole nitrogens is 1. The van der Waals surface area contributed by atoms with E-state index >= 15 is 0 Å². The Morgan fingerprint density at radius 3 is 2.76 bits per heavy atom. The fraction of sp³-hybridized carbons (Fsp3) is 0.136. The highest BCUT2D eigenvalue weighted by Gasteiger charge is 2.18. The van der Waals surface area contributed by atoms with Crippen LogP contribution < -0.4 is 10.7 Å². The minimum atomic E-state index is -1.01. The molecule has 7 nitrogen and oxygen atoms in total. The Morgan fingerprint density at radius 1 is 1.24 bits per heavy atom.